The fourth-order valence-electron chi connectivity index (χ4n) is 3.35. The van der Waals surface area contributed by atoms with Crippen molar-refractivity contribution in [1.29, 1.82) is 0 Å². The summed E-state index contributed by atoms with van der Waals surface area (Å²) in [6, 6.07) is 21.3. The van der Waals surface area contributed by atoms with Gasteiger partial charge in [-0.3, -0.25) is 0 Å². The van der Waals surface area contributed by atoms with Crippen molar-refractivity contribution in [3.05, 3.63) is 89.0 Å². The Labute approximate surface area is 198 Å². The van der Waals surface area contributed by atoms with E-state index in [1.807, 2.05) is 67.6 Å². The van der Waals surface area contributed by atoms with Crippen LogP contribution in [0.4, 0.5) is 0 Å². The Hall–Kier alpha value is -2.89. The molecule has 0 saturated heterocycles. The second kappa shape index (κ2) is 9.94. The molecule has 33 heavy (non-hydrogen) atoms. The number of rotatable bonds is 8. The summed E-state index contributed by atoms with van der Waals surface area (Å²) in [5.41, 5.74) is 4.99. The number of carbonyl (C=O) groups is 1. The Balaban J connectivity index is 1.67. The Bertz CT molecular complexity index is 1110. The lowest BCUT2D eigenvalue weighted by molar-refractivity contribution is 0.0697. The molecular formula is C28H34O4Si. The van der Waals surface area contributed by atoms with Crippen molar-refractivity contribution in [2.24, 2.45) is 0 Å². The summed E-state index contributed by atoms with van der Waals surface area (Å²) in [7, 11) is -1.86. The minimum atomic E-state index is -1.86. The van der Waals surface area contributed by atoms with Crippen molar-refractivity contribution in [2.45, 2.75) is 59.0 Å². The van der Waals surface area contributed by atoms with Crippen molar-refractivity contribution in [3.8, 4) is 16.9 Å². The van der Waals surface area contributed by atoms with Gasteiger partial charge in [-0.25, -0.2) is 4.79 Å². The van der Waals surface area contributed by atoms with E-state index >= 15 is 0 Å². The summed E-state index contributed by atoms with van der Waals surface area (Å²) in [6.07, 6.45) is 0. The molecule has 5 heteroatoms. The predicted octanol–water partition coefficient (Wildman–Crippen LogP) is 7.46. The number of ether oxygens (including phenoxy) is 1. The monoisotopic (exact) mass is 462 g/mol. The Morgan fingerprint density at radius 2 is 1.48 bits per heavy atom. The second-order valence-corrected chi connectivity index (χ2v) is 14.7. The largest absolute Gasteiger partial charge is 0.544 e. The van der Waals surface area contributed by atoms with Gasteiger partial charge in [0, 0.05) is 0 Å². The fraction of sp³-hybridized carbons (Fsp3) is 0.321. The molecule has 0 aliphatic heterocycles. The Kier molecular flexibility index (Phi) is 7.45. The van der Waals surface area contributed by atoms with Crippen LogP contribution in [0.1, 0.15) is 47.8 Å². The Morgan fingerprint density at radius 3 is 2.09 bits per heavy atom. The second-order valence-electron chi connectivity index (χ2n) is 10.00. The minimum absolute atomic E-state index is 0.155. The number of aromatic carboxylic acids is 1. The SMILES string of the molecule is Cc1ccccc1-c1cc(COCc2ccc(O[Si](C)(C)C(C)(C)C)cc2)ccc1C(=O)O. The lowest BCUT2D eigenvalue weighted by atomic mass is 9.94. The third-order valence-corrected chi connectivity index (χ3v) is 10.7. The van der Waals surface area contributed by atoms with Gasteiger partial charge in [-0.2, -0.15) is 0 Å². The number of aryl methyl sites for hydroxylation is 1. The first-order valence-corrected chi connectivity index (χ1v) is 14.2. The number of hydrogen-bond donors (Lipinski definition) is 1. The summed E-state index contributed by atoms with van der Waals surface area (Å²) >= 11 is 0. The zero-order valence-electron chi connectivity index (χ0n) is 20.4. The van der Waals surface area contributed by atoms with E-state index in [9.17, 15) is 9.90 Å². The number of carboxylic acid groups (broad SMARTS) is 1. The zero-order valence-corrected chi connectivity index (χ0v) is 21.4. The van der Waals surface area contributed by atoms with E-state index in [0.717, 1.165) is 28.0 Å². The molecule has 0 saturated carbocycles. The molecule has 3 aromatic rings. The van der Waals surface area contributed by atoms with Gasteiger partial charge in [-0.05, 0) is 77.1 Å². The van der Waals surface area contributed by atoms with E-state index in [4.69, 9.17) is 9.16 Å². The maximum Gasteiger partial charge on any atom is 0.336 e. The topological polar surface area (TPSA) is 55.8 Å². The molecule has 0 heterocycles. The van der Waals surface area contributed by atoms with E-state index in [2.05, 4.69) is 33.9 Å². The molecule has 0 aliphatic rings. The number of carboxylic acids is 1. The van der Waals surface area contributed by atoms with Crippen molar-refractivity contribution >= 4 is 14.3 Å². The molecule has 3 rings (SSSR count). The summed E-state index contributed by atoms with van der Waals surface area (Å²) in [5, 5.41) is 9.79. The average molecular weight is 463 g/mol. The highest BCUT2D eigenvalue weighted by molar-refractivity contribution is 6.74. The van der Waals surface area contributed by atoms with Crippen LogP contribution >= 0.6 is 0 Å². The van der Waals surface area contributed by atoms with E-state index < -0.39 is 14.3 Å². The molecule has 0 radical (unpaired) electrons. The van der Waals surface area contributed by atoms with Crippen molar-refractivity contribution < 1.29 is 19.1 Å². The van der Waals surface area contributed by atoms with Crippen LogP contribution in [-0.4, -0.2) is 19.4 Å². The van der Waals surface area contributed by atoms with Gasteiger partial charge in [0.1, 0.15) is 5.75 Å². The molecular weight excluding hydrogens is 428 g/mol. The highest BCUT2D eigenvalue weighted by atomic mass is 28.4. The Morgan fingerprint density at radius 1 is 0.879 bits per heavy atom. The van der Waals surface area contributed by atoms with Crippen LogP contribution in [0.15, 0.2) is 66.7 Å². The van der Waals surface area contributed by atoms with E-state index in [0.29, 0.717) is 24.3 Å². The van der Waals surface area contributed by atoms with Crippen molar-refractivity contribution in [3.63, 3.8) is 0 Å². The maximum atomic E-state index is 11.7. The van der Waals surface area contributed by atoms with Crippen LogP contribution in [0.25, 0.3) is 11.1 Å². The van der Waals surface area contributed by atoms with E-state index in [1.165, 1.54) is 0 Å². The van der Waals surface area contributed by atoms with Gasteiger partial charge in [0.05, 0.1) is 18.8 Å². The smallest absolute Gasteiger partial charge is 0.336 e. The average Bonchev–Trinajstić information content (AvgIpc) is 2.74. The number of benzene rings is 3. The molecule has 0 spiro atoms. The summed E-state index contributed by atoms with van der Waals surface area (Å²) in [5.74, 6) is -0.0294. The minimum Gasteiger partial charge on any atom is -0.544 e. The first-order valence-electron chi connectivity index (χ1n) is 11.3. The van der Waals surface area contributed by atoms with Gasteiger partial charge >= 0.3 is 5.97 Å². The zero-order chi connectivity index (χ0) is 24.2. The lowest BCUT2D eigenvalue weighted by Gasteiger charge is -2.36. The van der Waals surface area contributed by atoms with Crippen molar-refractivity contribution in [1.82, 2.24) is 0 Å². The van der Waals surface area contributed by atoms with Crippen LogP contribution < -0.4 is 4.43 Å². The third kappa shape index (κ3) is 6.12. The van der Waals surface area contributed by atoms with Crippen LogP contribution in [0.5, 0.6) is 5.75 Å². The highest BCUT2D eigenvalue weighted by Gasteiger charge is 2.38. The van der Waals surface area contributed by atoms with E-state index in [1.54, 1.807) is 6.07 Å². The first-order chi connectivity index (χ1) is 15.5. The summed E-state index contributed by atoms with van der Waals surface area (Å²) in [4.78, 5) is 11.7. The van der Waals surface area contributed by atoms with Gasteiger partial charge in [0.25, 0.3) is 0 Å². The summed E-state index contributed by atoms with van der Waals surface area (Å²) in [6.45, 7) is 14.0. The van der Waals surface area contributed by atoms with Crippen molar-refractivity contribution in [2.75, 3.05) is 0 Å². The quantitative estimate of drug-likeness (QED) is 0.353. The molecule has 0 aromatic heterocycles. The van der Waals surface area contributed by atoms with Gasteiger partial charge in [-0.15, -0.1) is 0 Å². The van der Waals surface area contributed by atoms with Crippen LogP contribution in [0.2, 0.25) is 18.1 Å². The molecule has 0 unspecified atom stereocenters. The molecule has 0 aliphatic carbocycles. The molecule has 0 amide bonds. The number of hydrogen-bond acceptors (Lipinski definition) is 3. The highest BCUT2D eigenvalue weighted by Crippen LogP contribution is 2.37. The van der Waals surface area contributed by atoms with Gasteiger partial charge in [0.15, 0.2) is 0 Å². The molecule has 4 nitrogen and oxygen atoms in total. The van der Waals surface area contributed by atoms with Gasteiger partial charge in [0.2, 0.25) is 8.32 Å². The summed E-state index contributed by atoms with van der Waals surface area (Å²) < 4.78 is 12.3. The third-order valence-electron chi connectivity index (χ3n) is 6.39. The first kappa shape index (κ1) is 24.7. The maximum absolute atomic E-state index is 11.7. The van der Waals surface area contributed by atoms with Crippen LogP contribution in [0, 0.1) is 6.92 Å². The fourth-order valence-corrected chi connectivity index (χ4v) is 4.39. The molecule has 0 atom stereocenters. The normalized spacial score (nSPS) is 11.9. The van der Waals surface area contributed by atoms with E-state index in [-0.39, 0.29) is 5.04 Å². The van der Waals surface area contributed by atoms with Gasteiger partial charge in [-0.1, -0.05) is 63.2 Å². The standard InChI is InChI=1S/C28H34O4Si/c1-20-9-7-8-10-24(20)26-17-22(13-16-25(26)27(29)30)19-31-18-21-11-14-23(15-12-21)32-33(5,6)28(2,3)4/h7-17H,18-19H2,1-6H3,(H,29,30). The van der Waals surface area contributed by atoms with Crippen LogP contribution in [0.3, 0.4) is 0 Å². The molecule has 1 N–H and O–H groups in total. The molecule has 174 valence electrons. The van der Waals surface area contributed by atoms with Gasteiger partial charge < -0.3 is 14.3 Å². The lowest BCUT2D eigenvalue weighted by Crippen LogP contribution is -2.43. The molecule has 0 fully saturated rings. The van der Waals surface area contributed by atoms with Crippen LogP contribution in [-0.2, 0) is 18.0 Å². The molecule has 3 aromatic carbocycles. The predicted molar refractivity (Wildman–Crippen MR) is 136 cm³/mol. The molecule has 0 bridgehead atoms.